The fourth-order valence-corrected chi connectivity index (χ4v) is 4.82. The van der Waals surface area contributed by atoms with Gasteiger partial charge in [0.05, 0.1) is 0 Å². The highest BCUT2D eigenvalue weighted by molar-refractivity contribution is 6.10. The lowest BCUT2D eigenvalue weighted by atomic mass is 9.73. The molecule has 1 aromatic carbocycles. The monoisotopic (exact) mass is 412 g/mol. The summed E-state index contributed by atoms with van der Waals surface area (Å²) in [5, 5.41) is 5.63. The Kier molecular flexibility index (Phi) is 5.49. The number of carbonyl (C=O) groups excluding carboxylic acids is 4. The van der Waals surface area contributed by atoms with Gasteiger partial charge in [-0.15, -0.1) is 0 Å². The topological polar surface area (TPSA) is 98.8 Å². The van der Waals surface area contributed by atoms with Gasteiger partial charge < -0.3 is 15.5 Å². The van der Waals surface area contributed by atoms with Crippen LogP contribution in [-0.2, 0) is 20.9 Å². The Morgan fingerprint density at radius 2 is 2.07 bits per heavy atom. The highest BCUT2D eigenvalue weighted by Gasteiger charge is 2.55. The fourth-order valence-electron chi connectivity index (χ4n) is 4.82. The minimum atomic E-state index is -0.863. The molecule has 0 radical (unpaired) electrons. The molecule has 4 rings (SSSR count). The minimum absolute atomic E-state index is 0.0562. The van der Waals surface area contributed by atoms with Gasteiger partial charge in [0.2, 0.25) is 11.8 Å². The molecule has 8 nitrogen and oxygen atoms in total. The molecule has 0 aromatic heterocycles. The lowest BCUT2D eigenvalue weighted by molar-refractivity contribution is -0.136. The maximum Gasteiger partial charge on any atom is 0.325 e. The Morgan fingerprint density at radius 1 is 1.23 bits per heavy atom. The molecule has 2 unspecified atom stereocenters. The Hall–Kier alpha value is -2.90. The van der Waals surface area contributed by atoms with Crippen molar-refractivity contribution in [3.63, 3.8) is 0 Å². The zero-order chi connectivity index (χ0) is 21.3. The Labute approximate surface area is 176 Å². The van der Waals surface area contributed by atoms with Crippen LogP contribution in [0.4, 0.5) is 10.5 Å². The summed E-state index contributed by atoms with van der Waals surface area (Å²) in [6.07, 6.45) is 4.91. The van der Waals surface area contributed by atoms with E-state index in [0.29, 0.717) is 25.1 Å². The third-order valence-electron chi connectivity index (χ3n) is 6.56. The number of anilines is 1. The van der Waals surface area contributed by atoms with Crippen molar-refractivity contribution < 1.29 is 19.2 Å². The summed E-state index contributed by atoms with van der Waals surface area (Å²) in [6, 6.07) is 6.81. The van der Waals surface area contributed by atoms with Crippen molar-refractivity contribution in [2.75, 3.05) is 18.4 Å². The molecule has 2 aliphatic heterocycles. The van der Waals surface area contributed by atoms with Crippen molar-refractivity contribution in [3.05, 3.63) is 29.8 Å². The highest BCUT2D eigenvalue weighted by atomic mass is 16.2. The Morgan fingerprint density at radius 3 is 2.80 bits per heavy atom. The van der Waals surface area contributed by atoms with Gasteiger partial charge in [-0.1, -0.05) is 31.9 Å². The zero-order valence-corrected chi connectivity index (χ0v) is 17.3. The first-order valence-corrected chi connectivity index (χ1v) is 10.7. The van der Waals surface area contributed by atoms with Gasteiger partial charge >= 0.3 is 6.03 Å². The second-order valence-corrected chi connectivity index (χ2v) is 8.61. The predicted octanol–water partition coefficient (Wildman–Crippen LogP) is 2.25. The molecule has 8 heteroatoms. The standard InChI is InChI=1S/C22H28N4O4/c1-15-6-2-3-10-22(15)20(29)26(21(30)24-22)14-18(27)23-17-8-4-7-16(12-17)13-25-11-5-9-19(25)28/h4,7-8,12,15H,2-3,5-6,9-11,13-14H2,1H3,(H,23,27)(H,24,30). The molecule has 5 amide bonds. The van der Waals surface area contributed by atoms with E-state index in [1.165, 1.54) is 0 Å². The average Bonchev–Trinajstić information content (AvgIpc) is 3.21. The lowest BCUT2D eigenvalue weighted by Crippen LogP contribution is -2.54. The van der Waals surface area contributed by atoms with Crippen LogP contribution >= 0.6 is 0 Å². The predicted molar refractivity (Wildman–Crippen MR) is 110 cm³/mol. The van der Waals surface area contributed by atoms with E-state index in [0.717, 1.165) is 42.7 Å². The summed E-state index contributed by atoms with van der Waals surface area (Å²) in [4.78, 5) is 52.7. The number of likely N-dealkylation sites (tertiary alicyclic amines) is 1. The number of amides is 5. The smallest absolute Gasteiger partial charge is 0.325 e. The first-order valence-electron chi connectivity index (χ1n) is 10.7. The second kappa shape index (κ2) is 8.08. The molecule has 3 aliphatic rings. The number of rotatable bonds is 5. The van der Waals surface area contributed by atoms with E-state index in [4.69, 9.17) is 0 Å². The maximum atomic E-state index is 13.0. The Balaban J connectivity index is 1.39. The quantitative estimate of drug-likeness (QED) is 0.725. The van der Waals surface area contributed by atoms with Crippen LogP contribution in [0.25, 0.3) is 0 Å². The van der Waals surface area contributed by atoms with Crippen LogP contribution < -0.4 is 10.6 Å². The van der Waals surface area contributed by atoms with Gasteiger partial charge in [0.25, 0.3) is 5.91 Å². The molecule has 1 saturated carbocycles. The van der Waals surface area contributed by atoms with Gasteiger partial charge in [-0.3, -0.25) is 19.3 Å². The summed E-state index contributed by atoms with van der Waals surface area (Å²) in [5.41, 5.74) is 0.641. The molecular weight excluding hydrogens is 384 g/mol. The first kappa shape index (κ1) is 20.4. The van der Waals surface area contributed by atoms with E-state index in [1.807, 2.05) is 25.1 Å². The minimum Gasteiger partial charge on any atom is -0.338 e. The number of benzene rings is 1. The summed E-state index contributed by atoms with van der Waals surface area (Å²) >= 11 is 0. The van der Waals surface area contributed by atoms with Crippen LogP contribution in [0.15, 0.2) is 24.3 Å². The van der Waals surface area contributed by atoms with E-state index in [1.54, 1.807) is 11.0 Å². The summed E-state index contributed by atoms with van der Waals surface area (Å²) < 4.78 is 0. The van der Waals surface area contributed by atoms with Gasteiger partial charge in [-0.25, -0.2) is 4.79 Å². The van der Waals surface area contributed by atoms with E-state index in [2.05, 4.69) is 10.6 Å². The molecule has 2 atom stereocenters. The number of urea groups is 1. The van der Waals surface area contributed by atoms with Crippen LogP contribution in [0, 0.1) is 5.92 Å². The van der Waals surface area contributed by atoms with Crippen molar-refractivity contribution in [2.45, 2.75) is 57.5 Å². The first-order chi connectivity index (χ1) is 14.4. The van der Waals surface area contributed by atoms with Crippen molar-refractivity contribution in [2.24, 2.45) is 5.92 Å². The van der Waals surface area contributed by atoms with Crippen LogP contribution in [0.2, 0.25) is 0 Å². The van der Waals surface area contributed by atoms with Crippen molar-refractivity contribution >= 4 is 29.4 Å². The van der Waals surface area contributed by atoms with E-state index < -0.39 is 17.5 Å². The third-order valence-corrected chi connectivity index (χ3v) is 6.56. The maximum absolute atomic E-state index is 13.0. The normalized spacial score (nSPS) is 26.4. The summed E-state index contributed by atoms with van der Waals surface area (Å²) in [6.45, 7) is 2.93. The van der Waals surface area contributed by atoms with Gasteiger partial charge in [0.15, 0.2) is 0 Å². The molecule has 2 heterocycles. The van der Waals surface area contributed by atoms with Crippen molar-refractivity contribution in [1.29, 1.82) is 0 Å². The number of nitrogens with zero attached hydrogens (tertiary/aromatic N) is 2. The summed E-state index contributed by atoms with van der Waals surface area (Å²) in [7, 11) is 0. The van der Waals surface area contributed by atoms with Gasteiger partial charge in [0.1, 0.15) is 12.1 Å². The van der Waals surface area contributed by atoms with Crippen LogP contribution in [0.5, 0.6) is 0 Å². The highest BCUT2D eigenvalue weighted by Crippen LogP contribution is 2.38. The zero-order valence-electron chi connectivity index (χ0n) is 17.3. The van der Waals surface area contributed by atoms with Crippen molar-refractivity contribution in [3.8, 4) is 0 Å². The van der Waals surface area contributed by atoms with Crippen molar-refractivity contribution in [1.82, 2.24) is 15.1 Å². The van der Waals surface area contributed by atoms with Crippen LogP contribution in [0.1, 0.15) is 51.0 Å². The molecule has 1 aromatic rings. The molecule has 2 N–H and O–H groups in total. The number of hydrogen-bond acceptors (Lipinski definition) is 4. The van der Waals surface area contributed by atoms with E-state index in [-0.39, 0.29) is 24.3 Å². The SMILES string of the molecule is CC1CCCCC12NC(=O)N(CC(=O)Nc1cccc(CN3CCCC3=O)c1)C2=O. The van der Waals surface area contributed by atoms with E-state index >= 15 is 0 Å². The number of hydrogen-bond donors (Lipinski definition) is 2. The molecule has 160 valence electrons. The van der Waals surface area contributed by atoms with Crippen LogP contribution in [-0.4, -0.2) is 52.2 Å². The van der Waals surface area contributed by atoms with Gasteiger partial charge in [-0.2, -0.15) is 0 Å². The molecule has 0 bridgehead atoms. The number of imide groups is 1. The lowest BCUT2D eigenvalue weighted by Gasteiger charge is -2.36. The fraction of sp³-hybridized carbons (Fsp3) is 0.545. The van der Waals surface area contributed by atoms with Gasteiger partial charge in [-0.05, 0) is 42.9 Å². The Bertz CT molecular complexity index is 886. The third kappa shape index (κ3) is 3.78. The molecular formula is C22H28N4O4. The molecule has 2 saturated heterocycles. The largest absolute Gasteiger partial charge is 0.338 e. The molecule has 1 spiro atoms. The molecule has 1 aliphatic carbocycles. The number of nitrogens with one attached hydrogen (secondary N) is 2. The van der Waals surface area contributed by atoms with Gasteiger partial charge in [0, 0.05) is 25.2 Å². The van der Waals surface area contributed by atoms with Crippen LogP contribution in [0.3, 0.4) is 0 Å². The molecule has 30 heavy (non-hydrogen) atoms. The summed E-state index contributed by atoms with van der Waals surface area (Å²) in [5.74, 6) is -0.515. The van der Waals surface area contributed by atoms with E-state index in [9.17, 15) is 19.2 Å². The average molecular weight is 412 g/mol. The molecule has 3 fully saturated rings. The number of carbonyl (C=O) groups is 4. The second-order valence-electron chi connectivity index (χ2n) is 8.61.